The average molecular weight is 336 g/mol. The fraction of sp³-hybridized carbons (Fsp3) is 0.200. The molecule has 2 aromatic heterocycles. The Hall–Kier alpha value is -1.70. The number of hydrogen-bond acceptors (Lipinski definition) is 5. The monoisotopic (exact) mass is 336 g/mol. The summed E-state index contributed by atoms with van der Waals surface area (Å²) in [6.45, 7) is 0.0316. The Bertz CT molecular complexity index is 872. The van der Waals surface area contributed by atoms with Gasteiger partial charge in [0.25, 0.3) is 5.56 Å². The van der Waals surface area contributed by atoms with Crippen molar-refractivity contribution in [1.29, 1.82) is 0 Å². The maximum atomic E-state index is 13.1. The maximum absolute atomic E-state index is 13.1. The summed E-state index contributed by atoms with van der Waals surface area (Å²) in [7, 11) is 1.67. The number of hydrogen-bond donors (Lipinski definition) is 1. The Balaban J connectivity index is 2.17. The number of nitrogens with zero attached hydrogens (tertiary/aromatic N) is 2. The highest BCUT2D eigenvalue weighted by Gasteiger charge is 2.15. The number of aliphatic hydroxyl groups is 1. The molecule has 7 heteroatoms. The van der Waals surface area contributed by atoms with Gasteiger partial charge in [0.15, 0.2) is 5.16 Å². The molecule has 0 unspecified atom stereocenters. The summed E-state index contributed by atoms with van der Waals surface area (Å²) in [6, 6.07) is 6.07. The van der Waals surface area contributed by atoms with Crippen molar-refractivity contribution < 1.29 is 9.50 Å². The second-order valence-electron chi connectivity index (χ2n) is 4.67. The van der Waals surface area contributed by atoms with Gasteiger partial charge < -0.3 is 5.11 Å². The molecule has 0 aliphatic carbocycles. The molecule has 3 rings (SSSR count). The molecule has 0 atom stereocenters. The largest absolute Gasteiger partial charge is 0.396 e. The first-order valence-corrected chi connectivity index (χ1v) is 8.46. The van der Waals surface area contributed by atoms with Gasteiger partial charge in [0, 0.05) is 23.7 Å². The van der Waals surface area contributed by atoms with Gasteiger partial charge in [0.2, 0.25) is 0 Å². The van der Waals surface area contributed by atoms with Crippen molar-refractivity contribution in [2.45, 2.75) is 5.16 Å². The van der Waals surface area contributed by atoms with Crippen molar-refractivity contribution in [1.82, 2.24) is 9.55 Å². The second kappa shape index (κ2) is 6.20. The van der Waals surface area contributed by atoms with Crippen molar-refractivity contribution in [3.63, 3.8) is 0 Å². The molecule has 0 aliphatic rings. The number of halogens is 1. The highest BCUT2D eigenvalue weighted by Crippen LogP contribution is 2.32. The second-order valence-corrected chi connectivity index (χ2v) is 6.59. The fourth-order valence-electron chi connectivity index (χ4n) is 2.16. The van der Waals surface area contributed by atoms with Gasteiger partial charge in [-0.15, -0.1) is 11.3 Å². The van der Waals surface area contributed by atoms with Gasteiger partial charge in [-0.25, -0.2) is 9.37 Å². The van der Waals surface area contributed by atoms with Crippen molar-refractivity contribution >= 4 is 33.3 Å². The minimum Gasteiger partial charge on any atom is -0.396 e. The van der Waals surface area contributed by atoms with Gasteiger partial charge in [0.05, 0.1) is 12.0 Å². The average Bonchev–Trinajstić information content (AvgIpc) is 2.94. The first-order valence-electron chi connectivity index (χ1n) is 6.59. The normalized spacial score (nSPS) is 11.2. The highest BCUT2D eigenvalue weighted by molar-refractivity contribution is 7.99. The van der Waals surface area contributed by atoms with E-state index in [-0.39, 0.29) is 18.0 Å². The fourth-order valence-corrected chi connectivity index (χ4v) is 3.86. The van der Waals surface area contributed by atoms with Crippen LogP contribution in [0.15, 0.2) is 39.6 Å². The molecule has 1 N–H and O–H groups in total. The summed E-state index contributed by atoms with van der Waals surface area (Å²) in [6.07, 6.45) is 0. The molecule has 0 aliphatic heterocycles. The standard InChI is InChI=1S/C15H13FN2O2S2/c1-18-14(20)12-11(9-2-4-10(16)5-3-9)8-22-13(12)17-15(18)21-7-6-19/h2-5,8,19H,6-7H2,1H3. The predicted molar refractivity (Wildman–Crippen MR) is 88.1 cm³/mol. The van der Waals surface area contributed by atoms with Crippen LogP contribution in [-0.2, 0) is 7.05 Å². The Morgan fingerprint density at radius 1 is 1.36 bits per heavy atom. The van der Waals surface area contributed by atoms with Gasteiger partial charge >= 0.3 is 0 Å². The third-order valence-corrected chi connectivity index (χ3v) is 5.13. The summed E-state index contributed by atoms with van der Waals surface area (Å²) < 4.78 is 14.5. The first kappa shape index (κ1) is 15.2. The van der Waals surface area contributed by atoms with Gasteiger partial charge in [-0.2, -0.15) is 0 Å². The maximum Gasteiger partial charge on any atom is 0.263 e. The third kappa shape index (κ3) is 2.67. The molecule has 4 nitrogen and oxygen atoms in total. The molecule has 22 heavy (non-hydrogen) atoms. The number of aromatic nitrogens is 2. The zero-order valence-corrected chi connectivity index (χ0v) is 13.4. The molecule has 0 spiro atoms. The SMILES string of the molecule is Cn1c(SCCO)nc2scc(-c3ccc(F)cc3)c2c1=O. The molecule has 2 heterocycles. The van der Waals surface area contributed by atoms with E-state index in [1.165, 1.54) is 39.8 Å². The molecular weight excluding hydrogens is 323 g/mol. The third-order valence-electron chi connectivity index (χ3n) is 3.25. The van der Waals surface area contributed by atoms with Crippen LogP contribution in [0.2, 0.25) is 0 Å². The van der Waals surface area contributed by atoms with E-state index in [9.17, 15) is 9.18 Å². The van der Waals surface area contributed by atoms with Crippen LogP contribution in [0.3, 0.4) is 0 Å². The lowest BCUT2D eigenvalue weighted by molar-refractivity contribution is 0.322. The van der Waals surface area contributed by atoms with E-state index < -0.39 is 0 Å². The van der Waals surface area contributed by atoms with Crippen LogP contribution in [0.5, 0.6) is 0 Å². The van der Waals surface area contributed by atoms with Crippen LogP contribution in [0.4, 0.5) is 4.39 Å². The van der Waals surface area contributed by atoms with Crippen molar-refractivity contribution in [2.75, 3.05) is 12.4 Å². The van der Waals surface area contributed by atoms with Crippen LogP contribution < -0.4 is 5.56 Å². The molecule has 114 valence electrons. The van der Waals surface area contributed by atoms with Crippen molar-refractivity contribution in [3.8, 4) is 11.1 Å². The molecule has 0 amide bonds. The lowest BCUT2D eigenvalue weighted by atomic mass is 10.1. The van der Waals surface area contributed by atoms with Crippen LogP contribution in [-0.4, -0.2) is 27.0 Å². The van der Waals surface area contributed by atoms with Gasteiger partial charge in [0.1, 0.15) is 10.6 Å². The van der Waals surface area contributed by atoms with E-state index in [0.29, 0.717) is 21.1 Å². The van der Waals surface area contributed by atoms with E-state index >= 15 is 0 Å². The van der Waals surface area contributed by atoms with E-state index in [2.05, 4.69) is 4.98 Å². The Kier molecular flexibility index (Phi) is 4.28. The lowest BCUT2D eigenvalue weighted by Gasteiger charge is -2.07. The molecule has 0 bridgehead atoms. The summed E-state index contributed by atoms with van der Waals surface area (Å²) >= 11 is 2.73. The molecule has 1 aromatic carbocycles. The Morgan fingerprint density at radius 3 is 2.77 bits per heavy atom. The summed E-state index contributed by atoms with van der Waals surface area (Å²) in [5.41, 5.74) is 1.43. The van der Waals surface area contributed by atoms with E-state index in [1.54, 1.807) is 19.2 Å². The van der Waals surface area contributed by atoms with Gasteiger partial charge in [-0.3, -0.25) is 9.36 Å². The van der Waals surface area contributed by atoms with Crippen LogP contribution in [0.25, 0.3) is 21.3 Å². The number of benzene rings is 1. The number of thiophene rings is 1. The number of thioether (sulfide) groups is 1. The molecule has 0 saturated heterocycles. The van der Waals surface area contributed by atoms with E-state index in [1.807, 2.05) is 5.38 Å². The summed E-state index contributed by atoms with van der Waals surface area (Å²) in [5, 5.41) is 11.9. The zero-order chi connectivity index (χ0) is 15.7. The van der Waals surface area contributed by atoms with E-state index in [4.69, 9.17) is 5.11 Å². The van der Waals surface area contributed by atoms with Crippen molar-refractivity contribution in [2.24, 2.45) is 7.05 Å². The predicted octanol–water partition coefficient (Wildman–Crippen LogP) is 2.89. The summed E-state index contributed by atoms with van der Waals surface area (Å²) in [5.74, 6) is 0.180. The molecule has 0 radical (unpaired) electrons. The van der Waals surface area contributed by atoms with Crippen LogP contribution >= 0.6 is 23.1 Å². The minimum atomic E-state index is -0.308. The topological polar surface area (TPSA) is 55.1 Å². The number of rotatable bonds is 4. The highest BCUT2D eigenvalue weighted by atomic mass is 32.2. The number of fused-ring (bicyclic) bond motifs is 1. The first-order chi connectivity index (χ1) is 10.6. The molecule has 0 saturated carbocycles. The minimum absolute atomic E-state index is 0.0316. The Morgan fingerprint density at radius 2 is 2.09 bits per heavy atom. The number of aliphatic hydroxyl groups excluding tert-OH is 1. The van der Waals surface area contributed by atoms with Crippen molar-refractivity contribution in [3.05, 3.63) is 45.8 Å². The van der Waals surface area contributed by atoms with Crippen LogP contribution in [0.1, 0.15) is 0 Å². The molecule has 0 fully saturated rings. The summed E-state index contributed by atoms with van der Waals surface area (Å²) in [4.78, 5) is 17.8. The van der Waals surface area contributed by atoms with Gasteiger partial charge in [-0.1, -0.05) is 23.9 Å². The molecule has 3 aromatic rings. The quantitative estimate of drug-likeness (QED) is 0.588. The lowest BCUT2D eigenvalue weighted by Crippen LogP contribution is -2.19. The Labute approximate surface area is 134 Å². The van der Waals surface area contributed by atoms with Crippen LogP contribution in [0, 0.1) is 5.82 Å². The van der Waals surface area contributed by atoms with E-state index in [0.717, 1.165) is 11.1 Å². The molecular formula is C15H13FN2O2S2. The smallest absolute Gasteiger partial charge is 0.263 e. The zero-order valence-electron chi connectivity index (χ0n) is 11.7. The van der Waals surface area contributed by atoms with Gasteiger partial charge in [-0.05, 0) is 17.7 Å².